The van der Waals surface area contributed by atoms with Crippen molar-refractivity contribution >= 4 is 28.9 Å². The molecule has 0 amide bonds. The lowest BCUT2D eigenvalue weighted by Gasteiger charge is -2.12. The molecule has 3 heterocycles. The maximum Gasteiger partial charge on any atom is 0.341 e. The number of pyridine rings is 2. The minimum Gasteiger partial charge on any atom is -0.487 e. The molecule has 0 aliphatic heterocycles. The molecule has 0 aliphatic carbocycles. The first-order valence-electron chi connectivity index (χ1n) is 8.76. The number of hydrogen-bond acceptors (Lipinski definition) is 6. The normalized spacial score (nSPS) is 10.8. The molecule has 146 valence electrons. The summed E-state index contributed by atoms with van der Waals surface area (Å²) < 4.78 is 12.5. The number of nitrogens with two attached hydrogens (primary N) is 1. The Morgan fingerprint density at radius 1 is 1.17 bits per heavy atom. The molecule has 0 spiro atoms. The molecule has 0 unspecified atom stereocenters. The van der Waals surface area contributed by atoms with Crippen molar-refractivity contribution < 1.29 is 14.3 Å². The van der Waals surface area contributed by atoms with E-state index >= 15 is 0 Å². The van der Waals surface area contributed by atoms with Crippen LogP contribution in [0.4, 0.5) is 5.82 Å². The van der Waals surface area contributed by atoms with E-state index in [-0.39, 0.29) is 11.0 Å². The zero-order chi connectivity index (χ0) is 20.4. The second kappa shape index (κ2) is 7.81. The van der Waals surface area contributed by atoms with Gasteiger partial charge in [0.15, 0.2) is 0 Å². The molecule has 4 aromatic rings. The number of hydrogen-bond donors (Lipinski definition) is 1. The predicted octanol–water partition coefficient (Wildman–Crippen LogP) is 4.00. The molecule has 0 aliphatic rings. The van der Waals surface area contributed by atoms with E-state index < -0.39 is 5.97 Å². The van der Waals surface area contributed by atoms with Gasteiger partial charge in [0, 0.05) is 5.56 Å². The summed E-state index contributed by atoms with van der Waals surface area (Å²) in [4.78, 5) is 16.3. The van der Waals surface area contributed by atoms with E-state index in [1.165, 1.54) is 13.3 Å². The van der Waals surface area contributed by atoms with Gasteiger partial charge in [0.05, 0.1) is 19.0 Å². The summed E-state index contributed by atoms with van der Waals surface area (Å²) in [7, 11) is 1.32. The van der Waals surface area contributed by atoms with Crippen LogP contribution in [0.5, 0.6) is 5.75 Å². The van der Waals surface area contributed by atoms with E-state index in [0.29, 0.717) is 34.7 Å². The van der Waals surface area contributed by atoms with Crippen molar-refractivity contribution in [1.82, 2.24) is 14.6 Å². The van der Waals surface area contributed by atoms with Gasteiger partial charge in [-0.05, 0) is 29.8 Å². The maximum absolute atomic E-state index is 12.3. The van der Waals surface area contributed by atoms with Crippen molar-refractivity contribution in [2.45, 2.75) is 6.61 Å². The summed E-state index contributed by atoms with van der Waals surface area (Å²) in [6.45, 7) is 0.343. The Morgan fingerprint density at radius 3 is 2.69 bits per heavy atom. The molecule has 8 heteroatoms. The van der Waals surface area contributed by atoms with Crippen LogP contribution in [0.2, 0.25) is 5.15 Å². The third kappa shape index (κ3) is 3.72. The van der Waals surface area contributed by atoms with Crippen LogP contribution >= 0.6 is 11.6 Å². The Labute approximate surface area is 171 Å². The Bertz CT molecular complexity index is 1170. The smallest absolute Gasteiger partial charge is 0.341 e. The summed E-state index contributed by atoms with van der Waals surface area (Å²) in [5.41, 5.74) is 9.02. The maximum atomic E-state index is 12.3. The average molecular weight is 409 g/mol. The fourth-order valence-electron chi connectivity index (χ4n) is 3.07. The first-order valence-corrected chi connectivity index (χ1v) is 9.14. The topological polar surface area (TPSA) is 91.7 Å². The Hall–Kier alpha value is -3.58. The van der Waals surface area contributed by atoms with Gasteiger partial charge in [0.1, 0.15) is 34.4 Å². The fourth-order valence-corrected chi connectivity index (χ4v) is 3.28. The Morgan fingerprint density at radius 2 is 1.97 bits per heavy atom. The highest BCUT2D eigenvalue weighted by Crippen LogP contribution is 2.32. The minimum atomic E-state index is -0.506. The summed E-state index contributed by atoms with van der Waals surface area (Å²) in [6.07, 6.45) is 1.45. The average Bonchev–Trinajstić information content (AvgIpc) is 3.17. The van der Waals surface area contributed by atoms with Gasteiger partial charge in [-0.2, -0.15) is 5.10 Å². The van der Waals surface area contributed by atoms with Gasteiger partial charge >= 0.3 is 5.97 Å². The van der Waals surface area contributed by atoms with Gasteiger partial charge < -0.3 is 15.2 Å². The first-order chi connectivity index (χ1) is 14.1. The number of anilines is 1. The molecule has 0 fully saturated rings. The molecule has 0 saturated carbocycles. The van der Waals surface area contributed by atoms with Crippen LogP contribution in [0.15, 0.2) is 60.8 Å². The summed E-state index contributed by atoms with van der Waals surface area (Å²) in [5, 5.41) is 4.63. The van der Waals surface area contributed by atoms with E-state index in [1.807, 2.05) is 36.4 Å². The lowest BCUT2D eigenvalue weighted by atomic mass is 10.1. The van der Waals surface area contributed by atoms with Crippen LogP contribution in [0, 0.1) is 0 Å². The first kappa shape index (κ1) is 18.8. The lowest BCUT2D eigenvalue weighted by molar-refractivity contribution is 0.0602. The zero-order valence-electron chi connectivity index (χ0n) is 15.5. The van der Waals surface area contributed by atoms with Gasteiger partial charge in [-0.3, -0.25) is 0 Å². The van der Waals surface area contributed by atoms with Gasteiger partial charge in [0.2, 0.25) is 0 Å². The van der Waals surface area contributed by atoms with Gasteiger partial charge in [-0.15, -0.1) is 0 Å². The van der Waals surface area contributed by atoms with Crippen molar-refractivity contribution in [3.8, 4) is 17.0 Å². The highest BCUT2D eigenvalue weighted by Gasteiger charge is 2.20. The molecular formula is C21H17ClN4O3. The fraction of sp³-hybridized carbons (Fsp3) is 0.0952. The van der Waals surface area contributed by atoms with Crippen molar-refractivity contribution in [3.63, 3.8) is 0 Å². The largest absolute Gasteiger partial charge is 0.487 e. The van der Waals surface area contributed by atoms with Crippen molar-refractivity contribution in [2.24, 2.45) is 0 Å². The highest BCUT2D eigenvalue weighted by atomic mass is 35.5. The van der Waals surface area contributed by atoms with E-state index in [2.05, 4.69) is 10.1 Å². The lowest BCUT2D eigenvalue weighted by Crippen LogP contribution is -2.04. The van der Waals surface area contributed by atoms with Gasteiger partial charge in [-0.1, -0.05) is 41.9 Å². The molecule has 1 aromatic carbocycles. The number of carbonyl (C=O) groups excluding carboxylic acids is 1. The summed E-state index contributed by atoms with van der Waals surface area (Å²) in [5.74, 6) is 0.281. The van der Waals surface area contributed by atoms with Crippen LogP contribution in [0.1, 0.15) is 15.9 Å². The van der Waals surface area contributed by atoms with Crippen LogP contribution < -0.4 is 10.5 Å². The number of ether oxygens (including phenoxy) is 2. The Balaban J connectivity index is 1.84. The standard InChI is InChI=1S/C21H17ClN4O3/c1-28-21(27)15-11-24-26-16(14-9-18(22)25-19(23)10-14)7-8-17(20(15)26)29-12-13-5-3-2-4-6-13/h2-11H,12H2,1H3,(H2,23,25). The van der Waals surface area contributed by atoms with Crippen molar-refractivity contribution in [3.05, 3.63) is 77.1 Å². The Kier molecular flexibility index (Phi) is 5.05. The summed E-state index contributed by atoms with van der Waals surface area (Å²) >= 11 is 6.06. The highest BCUT2D eigenvalue weighted by molar-refractivity contribution is 6.29. The molecule has 29 heavy (non-hydrogen) atoms. The predicted molar refractivity (Wildman–Crippen MR) is 110 cm³/mol. The molecule has 0 saturated heterocycles. The van der Waals surface area contributed by atoms with Crippen molar-refractivity contribution in [1.29, 1.82) is 0 Å². The molecule has 0 radical (unpaired) electrons. The van der Waals surface area contributed by atoms with Gasteiger partial charge in [0.25, 0.3) is 0 Å². The van der Waals surface area contributed by atoms with Crippen molar-refractivity contribution in [2.75, 3.05) is 12.8 Å². The quantitative estimate of drug-likeness (QED) is 0.396. The molecular weight excluding hydrogens is 392 g/mol. The van der Waals surface area contributed by atoms with E-state index in [4.69, 9.17) is 26.8 Å². The number of esters is 1. The van der Waals surface area contributed by atoms with E-state index in [9.17, 15) is 4.79 Å². The number of halogens is 1. The third-order valence-electron chi connectivity index (χ3n) is 4.38. The number of aromatic nitrogens is 3. The van der Waals surface area contributed by atoms with Crippen LogP contribution in [0.25, 0.3) is 16.8 Å². The van der Waals surface area contributed by atoms with E-state index in [0.717, 1.165) is 5.56 Å². The van der Waals surface area contributed by atoms with Crippen LogP contribution in [-0.4, -0.2) is 27.7 Å². The van der Waals surface area contributed by atoms with E-state index in [1.54, 1.807) is 22.7 Å². The summed E-state index contributed by atoms with van der Waals surface area (Å²) in [6, 6.07) is 16.7. The zero-order valence-corrected chi connectivity index (χ0v) is 16.3. The molecule has 3 aromatic heterocycles. The number of rotatable bonds is 5. The number of nitrogens with zero attached hydrogens (tertiary/aromatic N) is 3. The van der Waals surface area contributed by atoms with Crippen LogP contribution in [0.3, 0.4) is 0 Å². The number of nitrogen functional groups attached to an aromatic ring is 1. The molecule has 4 rings (SSSR count). The molecule has 0 bridgehead atoms. The third-order valence-corrected chi connectivity index (χ3v) is 4.57. The number of benzene rings is 1. The number of carbonyl (C=O) groups is 1. The molecule has 2 N–H and O–H groups in total. The number of methoxy groups -OCH3 is 1. The monoisotopic (exact) mass is 408 g/mol. The SMILES string of the molecule is COC(=O)c1cnn2c(-c3cc(N)nc(Cl)c3)ccc(OCc3ccccc3)c12. The van der Waals surface area contributed by atoms with Gasteiger partial charge in [-0.25, -0.2) is 14.3 Å². The number of fused-ring (bicyclic) bond motifs is 1. The second-order valence-corrected chi connectivity index (χ2v) is 6.66. The molecule has 7 nitrogen and oxygen atoms in total. The molecule has 0 atom stereocenters. The van der Waals surface area contributed by atoms with Crippen LogP contribution in [-0.2, 0) is 11.3 Å². The second-order valence-electron chi connectivity index (χ2n) is 6.27. The minimum absolute atomic E-state index is 0.262.